The maximum Gasteiger partial charge on any atom is 0.407 e. The molecule has 1 N–H and O–H groups in total. The number of hydrogen-bond acceptors (Lipinski definition) is 3. The fourth-order valence-corrected chi connectivity index (χ4v) is 3.68. The SMILES string of the molecule is CC(C)(C)OC(=O)NCCC1CCN(c2ccc(-c3ccc(F)cc3)cc2)CC1. The van der Waals surface area contributed by atoms with Crippen molar-refractivity contribution in [2.45, 2.75) is 45.6 Å². The van der Waals surface area contributed by atoms with Gasteiger partial charge in [-0.25, -0.2) is 9.18 Å². The predicted molar refractivity (Wildman–Crippen MR) is 116 cm³/mol. The van der Waals surface area contributed by atoms with Crippen LogP contribution in [0, 0.1) is 11.7 Å². The number of carbonyl (C=O) groups excluding carboxylic acids is 1. The van der Waals surface area contributed by atoms with E-state index in [1.165, 1.54) is 17.8 Å². The molecule has 0 unspecified atom stereocenters. The van der Waals surface area contributed by atoms with Crippen molar-refractivity contribution in [1.29, 1.82) is 0 Å². The first-order valence-electron chi connectivity index (χ1n) is 10.4. The van der Waals surface area contributed by atoms with E-state index in [9.17, 15) is 9.18 Å². The second kappa shape index (κ2) is 9.29. The zero-order valence-electron chi connectivity index (χ0n) is 17.6. The number of halogens is 1. The third-order valence-electron chi connectivity index (χ3n) is 5.25. The monoisotopic (exact) mass is 398 g/mol. The smallest absolute Gasteiger partial charge is 0.407 e. The lowest BCUT2D eigenvalue weighted by atomic mass is 9.93. The number of benzene rings is 2. The van der Waals surface area contributed by atoms with Crippen molar-refractivity contribution in [2.24, 2.45) is 5.92 Å². The number of nitrogens with zero attached hydrogens (tertiary/aromatic N) is 1. The average Bonchev–Trinajstić information content (AvgIpc) is 2.68. The molecule has 5 heteroatoms. The fraction of sp³-hybridized carbons (Fsp3) is 0.458. The Morgan fingerprint density at radius 1 is 1.03 bits per heavy atom. The Hall–Kier alpha value is -2.56. The van der Waals surface area contributed by atoms with Crippen LogP contribution >= 0.6 is 0 Å². The Morgan fingerprint density at radius 2 is 1.59 bits per heavy atom. The standard InChI is InChI=1S/C24H31FN2O2/c1-24(2,3)29-23(28)26-15-12-18-13-16-27(17-14-18)22-10-6-20(7-11-22)19-4-8-21(25)9-5-19/h4-11,18H,12-17H2,1-3H3,(H,26,28). The van der Waals surface area contributed by atoms with Gasteiger partial charge in [0.1, 0.15) is 11.4 Å². The molecule has 0 aliphatic carbocycles. The Kier molecular flexibility index (Phi) is 6.78. The molecule has 1 aliphatic rings. The normalized spacial score (nSPS) is 15.2. The molecule has 0 bridgehead atoms. The lowest BCUT2D eigenvalue weighted by Gasteiger charge is -2.33. The van der Waals surface area contributed by atoms with E-state index in [1.54, 1.807) is 12.1 Å². The van der Waals surface area contributed by atoms with Crippen molar-refractivity contribution < 1.29 is 13.9 Å². The molecule has 1 amide bonds. The van der Waals surface area contributed by atoms with Gasteiger partial charge in [0, 0.05) is 25.3 Å². The molecule has 0 spiro atoms. The van der Waals surface area contributed by atoms with Crippen LogP contribution in [0.15, 0.2) is 48.5 Å². The third kappa shape index (κ3) is 6.48. The zero-order chi connectivity index (χ0) is 20.9. The number of alkyl carbamates (subject to hydrolysis) is 1. The largest absolute Gasteiger partial charge is 0.444 e. The molecule has 0 radical (unpaired) electrons. The molecule has 3 rings (SSSR count). The van der Waals surface area contributed by atoms with Gasteiger partial charge in [-0.05, 0) is 81.3 Å². The number of amides is 1. The third-order valence-corrected chi connectivity index (χ3v) is 5.25. The van der Waals surface area contributed by atoms with Gasteiger partial charge in [-0.3, -0.25) is 0 Å². The van der Waals surface area contributed by atoms with Gasteiger partial charge in [-0.15, -0.1) is 0 Å². The maximum atomic E-state index is 13.1. The summed E-state index contributed by atoms with van der Waals surface area (Å²) in [6.45, 7) is 8.31. The molecular weight excluding hydrogens is 367 g/mol. The number of piperidine rings is 1. The maximum absolute atomic E-state index is 13.1. The molecule has 0 saturated carbocycles. The van der Waals surface area contributed by atoms with Crippen LogP contribution in [0.5, 0.6) is 0 Å². The number of carbonyl (C=O) groups is 1. The molecule has 1 aliphatic heterocycles. The van der Waals surface area contributed by atoms with Crippen molar-refractivity contribution >= 4 is 11.8 Å². The fourth-order valence-electron chi connectivity index (χ4n) is 3.68. The van der Waals surface area contributed by atoms with E-state index in [4.69, 9.17) is 4.74 Å². The molecule has 156 valence electrons. The second-order valence-electron chi connectivity index (χ2n) is 8.70. The zero-order valence-corrected chi connectivity index (χ0v) is 17.6. The minimum absolute atomic E-state index is 0.213. The summed E-state index contributed by atoms with van der Waals surface area (Å²) in [7, 11) is 0. The number of nitrogens with one attached hydrogen (secondary N) is 1. The van der Waals surface area contributed by atoms with Crippen molar-refractivity contribution in [3.05, 3.63) is 54.3 Å². The van der Waals surface area contributed by atoms with Crippen LogP contribution in [-0.4, -0.2) is 31.3 Å². The minimum atomic E-state index is -0.457. The molecule has 1 fully saturated rings. The average molecular weight is 399 g/mol. The van der Waals surface area contributed by atoms with E-state index < -0.39 is 5.60 Å². The summed E-state index contributed by atoms with van der Waals surface area (Å²) in [5.74, 6) is 0.411. The molecular formula is C24H31FN2O2. The van der Waals surface area contributed by atoms with Gasteiger partial charge in [0.25, 0.3) is 0 Å². The molecule has 2 aromatic carbocycles. The Balaban J connectivity index is 1.43. The Bertz CT molecular complexity index is 789. The molecule has 0 aromatic heterocycles. The number of hydrogen-bond donors (Lipinski definition) is 1. The van der Waals surface area contributed by atoms with Gasteiger partial charge in [-0.1, -0.05) is 24.3 Å². The number of rotatable bonds is 5. The molecule has 2 aromatic rings. The van der Waals surface area contributed by atoms with Gasteiger partial charge >= 0.3 is 6.09 Å². The van der Waals surface area contributed by atoms with Gasteiger partial charge in [0.2, 0.25) is 0 Å². The highest BCUT2D eigenvalue weighted by atomic mass is 19.1. The molecule has 4 nitrogen and oxygen atoms in total. The summed E-state index contributed by atoms with van der Waals surface area (Å²) in [5, 5.41) is 2.86. The summed E-state index contributed by atoms with van der Waals surface area (Å²) in [6, 6.07) is 15.1. The summed E-state index contributed by atoms with van der Waals surface area (Å²) in [6.07, 6.45) is 2.89. The van der Waals surface area contributed by atoms with E-state index in [0.29, 0.717) is 12.5 Å². The molecule has 29 heavy (non-hydrogen) atoms. The first kappa shape index (κ1) is 21.2. The lowest BCUT2D eigenvalue weighted by molar-refractivity contribution is 0.0524. The van der Waals surface area contributed by atoms with E-state index >= 15 is 0 Å². The van der Waals surface area contributed by atoms with Crippen molar-refractivity contribution in [2.75, 3.05) is 24.5 Å². The highest BCUT2D eigenvalue weighted by Crippen LogP contribution is 2.27. The first-order valence-corrected chi connectivity index (χ1v) is 10.4. The lowest BCUT2D eigenvalue weighted by Crippen LogP contribution is -2.36. The van der Waals surface area contributed by atoms with Crippen LogP contribution in [-0.2, 0) is 4.74 Å². The van der Waals surface area contributed by atoms with Gasteiger partial charge in [-0.2, -0.15) is 0 Å². The van der Waals surface area contributed by atoms with Crippen LogP contribution in [0.4, 0.5) is 14.9 Å². The number of anilines is 1. The van der Waals surface area contributed by atoms with E-state index in [1.807, 2.05) is 20.8 Å². The van der Waals surface area contributed by atoms with Gasteiger partial charge < -0.3 is 15.0 Å². The van der Waals surface area contributed by atoms with E-state index in [-0.39, 0.29) is 11.9 Å². The summed E-state index contributed by atoms with van der Waals surface area (Å²) in [4.78, 5) is 14.1. The molecule has 1 saturated heterocycles. The van der Waals surface area contributed by atoms with Crippen LogP contribution in [0.2, 0.25) is 0 Å². The summed E-state index contributed by atoms with van der Waals surface area (Å²) >= 11 is 0. The minimum Gasteiger partial charge on any atom is -0.444 e. The Morgan fingerprint density at radius 3 is 2.14 bits per heavy atom. The molecule has 1 heterocycles. The first-order chi connectivity index (χ1) is 13.8. The number of ether oxygens (including phenoxy) is 1. The highest BCUT2D eigenvalue weighted by Gasteiger charge is 2.20. The molecule has 0 atom stereocenters. The van der Waals surface area contributed by atoms with Crippen LogP contribution in [0.1, 0.15) is 40.0 Å². The highest BCUT2D eigenvalue weighted by molar-refractivity contribution is 5.67. The second-order valence-corrected chi connectivity index (χ2v) is 8.70. The van der Waals surface area contributed by atoms with Gasteiger partial charge in [0.15, 0.2) is 0 Å². The summed E-state index contributed by atoms with van der Waals surface area (Å²) in [5.41, 5.74) is 2.88. The van der Waals surface area contributed by atoms with Crippen LogP contribution in [0.25, 0.3) is 11.1 Å². The van der Waals surface area contributed by atoms with Gasteiger partial charge in [0.05, 0.1) is 0 Å². The van der Waals surface area contributed by atoms with E-state index in [2.05, 4.69) is 34.5 Å². The van der Waals surface area contributed by atoms with Crippen molar-refractivity contribution in [3.8, 4) is 11.1 Å². The van der Waals surface area contributed by atoms with Crippen LogP contribution in [0.3, 0.4) is 0 Å². The van der Waals surface area contributed by atoms with Crippen LogP contribution < -0.4 is 10.2 Å². The quantitative estimate of drug-likeness (QED) is 0.710. The predicted octanol–water partition coefficient (Wildman–Crippen LogP) is 5.62. The summed E-state index contributed by atoms with van der Waals surface area (Å²) < 4.78 is 18.4. The van der Waals surface area contributed by atoms with Crippen molar-refractivity contribution in [3.63, 3.8) is 0 Å². The van der Waals surface area contributed by atoms with E-state index in [0.717, 1.165) is 43.5 Å². The topological polar surface area (TPSA) is 41.6 Å². The van der Waals surface area contributed by atoms with Crippen molar-refractivity contribution in [1.82, 2.24) is 5.32 Å². The Labute approximate surface area is 173 Å².